The molecule has 1 saturated carbocycles. The summed E-state index contributed by atoms with van der Waals surface area (Å²) in [5, 5.41) is 35.8. The molecule has 2 aliphatic carbocycles. The van der Waals surface area contributed by atoms with Gasteiger partial charge in [-0.15, -0.1) is 0 Å². The summed E-state index contributed by atoms with van der Waals surface area (Å²) in [5.74, 6) is -10.2. The van der Waals surface area contributed by atoms with Crippen LogP contribution in [-0.4, -0.2) is 69.8 Å². The Balaban J connectivity index is 1.33. The van der Waals surface area contributed by atoms with E-state index in [1.54, 1.807) is 24.3 Å². The molecule has 2 saturated heterocycles. The highest BCUT2D eigenvalue weighted by atomic mass is 127. The van der Waals surface area contributed by atoms with Crippen LogP contribution in [0.4, 0.5) is 41.7 Å². The minimum Gasteiger partial charge on any atom is -0.504 e. The van der Waals surface area contributed by atoms with E-state index in [4.69, 9.17) is 27.9 Å². The van der Waals surface area contributed by atoms with Crippen LogP contribution in [0, 0.1) is 47.5 Å². The number of phenols is 1. The number of ether oxygens (including phenoxy) is 1. The van der Waals surface area contributed by atoms with Crippen LogP contribution in [0.1, 0.15) is 35.4 Å². The molecule has 23 heteroatoms. The van der Waals surface area contributed by atoms with Crippen LogP contribution in [0.15, 0.2) is 72.4 Å². The van der Waals surface area contributed by atoms with E-state index in [1.807, 2.05) is 22.6 Å². The molecule has 3 aromatic carbocycles. The maximum atomic E-state index is 15.5. The highest BCUT2D eigenvalue weighted by Crippen LogP contribution is 2.65. The van der Waals surface area contributed by atoms with Crippen molar-refractivity contribution >= 4 is 98.0 Å². The van der Waals surface area contributed by atoms with Crippen LogP contribution in [0.25, 0.3) is 0 Å². The Hall–Kier alpha value is -6.07. The first kappa shape index (κ1) is 44.5. The molecule has 3 heterocycles. The summed E-state index contributed by atoms with van der Waals surface area (Å²) in [5.41, 5.74) is -1.84. The number of carbonyl (C=O) groups is 4. The second-order valence-electron chi connectivity index (χ2n) is 15.7. The number of nitrogens with zero attached hydrogens (tertiary/aromatic N) is 6. The number of methoxy groups -OCH3 is 1. The molecule has 4 aliphatic rings. The molecule has 0 spiro atoms. The number of anilines is 3. The number of hydrogen-bond donors (Lipinski definition) is 2. The van der Waals surface area contributed by atoms with Crippen molar-refractivity contribution in [2.75, 3.05) is 36.4 Å². The van der Waals surface area contributed by atoms with E-state index < -0.39 is 108 Å². The van der Waals surface area contributed by atoms with Crippen molar-refractivity contribution in [3.63, 3.8) is 0 Å². The van der Waals surface area contributed by atoms with E-state index >= 15 is 9.59 Å². The summed E-state index contributed by atoms with van der Waals surface area (Å²) < 4.78 is 46.5. The molecule has 332 valence electrons. The number of fused-ring (bicyclic) bond motifs is 4. The smallest absolute Gasteiger partial charge is 0.417 e. The minimum atomic E-state index is -4.83. The monoisotopic (exact) mass is 1040 g/mol. The number of amides is 4. The van der Waals surface area contributed by atoms with E-state index in [0.29, 0.717) is 33.3 Å². The molecule has 1 aromatic heterocycles. The molecule has 3 fully saturated rings. The Kier molecular flexibility index (Phi) is 11.0. The fourth-order valence-corrected chi connectivity index (χ4v) is 10.7. The Morgan fingerprint density at radius 1 is 0.969 bits per heavy atom. The quantitative estimate of drug-likeness (QED) is 0.0538. The molecule has 0 bridgehead atoms. The zero-order valence-electron chi connectivity index (χ0n) is 33.2. The Labute approximate surface area is 383 Å². The van der Waals surface area contributed by atoms with E-state index in [1.165, 1.54) is 39.4 Å². The van der Waals surface area contributed by atoms with Gasteiger partial charge in [0.05, 0.1) is 60.0 Å². The van der Waals surface area contributed by atoms with Crippen LogP contribution >= 0.6 is 45.8 Å². The van der Waals surface area contributed by atoms with Gasteiger partial charge < -0.3 is 14.7 Å². The van der Waals surface area contributed by atoms with Gasteiger partial charge in [-0.3, -0.25) is 44.8 Å². The Bertz CT molecular complexity index is 2740. The summed E-state index contributed by atoms with van der Waals surface area (Å²) in [6.07, 6.45) is -3.06. The molecule has 4 aromatic rings. The van der Waals surface area contributed by atoms with Crippen molar-refractivity contribution in [1.29, 1.82) is 0 Å². The van der Waals surface area contributed by atoms with Crippen LogP contribution in [0.3, 0.4) is 0 Å². The summed E-state index contributed by atoms with van der Waals surface area (Å²) in [6, 6.07) is 11.5. The fraction of sp³-hybridized carbons (Fsp3) is 0.293. The lowest BCUT2D eigenvalue weighted by Gasteiger charge is -2.50. The maximum absolute atomic E-state index is 15.5. The van der Waals surface area contributed by atoms with Gasteiger partial charge in [0.2, 0.25) is 11.8 Å². The molecule has 0 unspecified atom stereocenters. The number of halogens is 6. The summed E-state index contributed by atoms with van der Waals surface area (Å²) >= 11 is 14.5. The molecule has 0 radical (unpaired) electrons. The molecule has 2 N–H and O–H groups in total. The topological polar surface area (TPSA) is 219 Å². The van der Waals surface area contributed by atoms with Gasteiger partial charge in [-0.05, 0) is 82.8 Å². The summed E-state index contributed by atoms with van der Waals surface area (Å²) in [7, 11) is 4.02. The normalized spacial score (nSPS) is 24.0. The summed E-state index contributed by atoms with van der Waals surface area (Å²) in [6.45, 7) is 0. The van der Waals surface area contributed by atoms with Gasteiger partial charge >= 0.3 is 17.6 Å². The number of hydrogen-bond acceptors (Lipinski definition) is 13. The van der Waals surface area contributed by atoms with Crippen LogP contribution in [-0.2, 0) is 30.8 Å². The Morgan fingerprint density at radius 2 is 1.61 bits per heavy atom. The molecule has 4 amide bonds. The van der Waals surface area contributed by atoms with Gasteiger partial charge in [-0.2, -0.15) is 18.2 Å². The van der Waals surface area contributed by atoms with Crippen molar-refractivity contribution in [3.8, 4) is 11.5 Å². The number of hydrazine groups is 1. The lowest BCUT2D eigenvalue weighted by atomic mass is 9.49. The van der Waals surface area contributed by atoms with Gasteiger partial charge in [0.1, 0.15) is 0 Å². The number of aromatic nitrogens is 1. The number of nitrogens with one attached hydrogen (secondary N) is 1. The average Bonchev–Trinajstić information content (AvgIpc) is 3.62. The highest BCUT2D eigenvalue weighted by molar-refractivity contribution is 14.1. The number of carbonyl (C=O) groups excluding carboxylic acids is 4. The van der Waals surface area contributed by atoms with Gasteiger partial charge in [0, 0.05) is 43.4 Å². The maximum Gasteiger partial charge on any atom is 0.417 e. The second-order valence-corrected chi connectivity index (χ2v) is 17.7. The number of nitro benzene ring substituents is 2. The van der Waals surface area contributed by atoms with Gasteiger partial charge in [-0.25, -0.2) is 9.88 Å². The van der Waals surface area contributed by atoms with Gasteiger partial charge in [-0.1, -0.05) is 47.0 Å². The average molecular weight is 1040 g/mol. The number of imide groups is 2. The minimum absolute atomic E-state index is 0.0174. The number of aromatic hydroxyl groups is 1. The van der Waals surface area contributed by atoms with Crippen LogP contribution < -0.4 is 20.0 Å². The van der Waals surface area contributed by atoms with E-state index in [2.05, 4.69) is 10.4 Å². The molecular formula is C41H31Cl2F3IN7O10. The zero-order chi connectivity index (χ0) is 46.5. The fourth-order valence-electron chi connectivity index (χ4n) is 9.78. The third-order valence-corrected chi connectivity index (χ3v) is 13.7. The highest BCUT2D eigenvalue weighted by Gasteiger charge is 2.70. The molecule has 17 nitrogen and oxygen atoms in total. The van der Waals surface area contributed by atoms with Crippen molar-refractivity contribution in [1.82, 2.24) is 9.99 Å². The predicted molar refractivity (Wildman–Crippen MR) is 231 cm³/mol. The first-order valence-electron chi connectivity index (χ1n) is 19.0. The Morgan fingerprint density at radius 3 is 2.17 bits per heavy atom. The second kappa shape index (κ2) is 15.9. The van der Waals surface area contributed by atoms with E-state index in [9.17, 15) is 48.1 Å². The van der Waals surface area contributed by atoms with E-state index in [-0.39, 0.29) is 44.2 Å². The first-order valence-corrected chi connectivity index (χ1v) is 20.9. The van der Waals surface area contributed by atoms with Crippen molar-refractivity contribution in [2.45, 2.75) is 30.4 Å². The van der Waals surface area contributed by atoms with Gasteiger partial charge in [0.25, 0.3) is 11.8 Å². The van der Waals surface area contributed by atoms with Crippen molar-refractivity contribution < 1.29 is 52.0 Å². The summed E-state index contributed by atoms with van der Waals surface area (Å²) in [4.78, 5) is 88.3. The molecule has 6 atom stereocenters. The first-order chi connectivity index (χ1) is 30.1. The number of phenolic OH excluding ortho intramolecular Hbond substituents is 1. The number of pyridine rings is 1. The number of rotatable bonds is 9. The molecular weight excluding hydrogens is 1010 g/mol. The number of allylic oxidation sites excluding steroid dienone is 2. The van der Waals surface area contributed by atoms with Crippen molar-refractivity contribution in [3.05, 3.63) is 123 Å². The predicted octanol–water partition coefficient (Wildman–Crippen LogP) is 7.80. The largest absolute Gasteiger partial charge is 0.504 e. The van der Waals surface area contributed by atoms with Crippen LogP contribution in [0.5, 0.6) is 11.5 Å². The lowest BCUT2D eigenvalue weighted by Crippen LogP contribution is -2.53. The lowest BCUT2D eigenvalue weighted by molar-refractivity contribution is -0.392. The molecule has 8 rings (SSSR count). The third-order valence-electron chi connectivity index (χ3n) is 12.3. The van der Waals surface area contributed by atoms with Crippen LogP contribution in [0.2, 0.25) is 10.0 Å². The number of alkyl halides is 3. The number of benzene rings is 3. The SMILES string of the molecule is COc1cc([C@H]2C3=CC[C@@H]4C(=O)N(c5cc([N+](=O)[O-])c(N(C)C)c([N+](=O)[O-])c5)C(=O)[C@@H]4[C@@H]3C[C@H]3C(=O)N(Nc4ncc(C(F)(F)F)cc4Cl)C(=O)[C@@]23c2ccc(Cl)cc2)cc(I)c1O. The standard InChI is InChI=1S/C41H31Cl2F3IN7O10/c1-50(2)33-28(53(60)61)13-21(14-29(33)54(62)63)51-36(56)23-9-8-22-24(31(23)38(51)58)15-25-37(57)52(49-35-26(43)12-19(16-48-35)41(44,45)46)39(59)40(25,18-4-6-20(42)7-5-18)32(22)17-10-27(47)34(55)30(11-17)64-3/h4-8,10-14,16,23-25,31-32,55H,9,15H2,1-3H3,(H,48,49)/t23-,24+,25-,31-,32-,40+/m0/s1. The van der Waals surface area contributed by atoms with E-state index in [0.717, 1.165) is 17.0 Å². The van der Waals surface area contributed by atoms with Crippen molar-refractivity contribution in [2.24, 2.45) is 23.7 Å². The zero-order valence-corrected chi connectivity index (χ0v) is 36.9. The third kappa shape index (κ3) is 6.77. The molecule has 64 heavy (non-hydrogen) atoms. The molecule has 2 aliphatic heterocycles. The number of nitro groups is 2. The van der Waals surface area contributed by atoms with Gasteiger partial charge in [0.15, 0.2) is 23.0 Å².